The van der Waals surface area contributed by atoms with Gasteiger partial charge < -0.3 is 40.9 Å². The van der Waals surface area contributed by atoms with Crippen LogP contribution in [0.4, 0.5) is 0 Å². The molecule has 2 amide bonds. The molecule has 1 unspecified atom stereocenters. The quantitative estimate of drug-likeness (QED) is 0.100. The first-order valence-corrected chi connectivity index (χ1v) is 21.4. The maximum atomic E-state index is 13.0. The van der Waals surface area contributed by atoms with Crippen molar-refractivity contribution in [1.29, 1.82) is 0 Å². The van der Waals surface area contributed by atoms with Crippen LogP contribution in [0.1, 0.15) is 75.3 Å². The third-order valence-electron chi connectivity index (χ3n) is 13.3. The fraction of sp³-hybridized carbons (Fsp3) is 0.714. The van der Waals surface area contributed by atoms with E-state index in [2.05, 4.69) is 23.6 Å². The van der Waals surface area contributed by atoms with Gasteiger partial charge in [0.2, 0.25) is 5.91 Å². The van der Waals surface area contributed by atoms with E-state index in [0.717, 1.165) is 38.5 Å². The molecule has 1 aliphatic heterocycles. The van der Waals surface area contributed by atoms with Crippen LogP contribution in [0.25, 0.3) is 0 Å². The molecule has 0 bridgehead atoms. The molecule has 0 radical (unpaired) electrons. The molecule has 0 spiro atoms. The van der Waals surface area contributed by atoms with Gasteiger partial charge in [0.15, 0.2) is 6.61 Å². The minimum atomic E-state index is -1.17. The van der Waals surface area contributed by atoms with Gasteiger partial charge in [-0.1, -0.05) is 13.0 Å². The summed E-state index contributed by atoms with van der Waals surface area (Å²) in [6.45, 7) is 3.64. The number of carboxylic acids is 4. The predicted octanol–water partition coefficient (Wildman–Crippen LogP) is 0.614. The van der Waals surface area contributed by atoms with E-state index in [-0.39, 0.29) is 102 Å². The van der Waals surface area contributed by atoms with Gasteiger partial charge in [0.1, 0.15) is 11.8 Å². The monoisotopic (exact) mass is 844 g/mol. The Labute approximate surface area is 351 Å². The number of hydrogen-bond acceptors (Lipinski definition) is 12. The van der Waals surface area contributed by atoms with E-state index in [0.29, 0.717) is 49.4 Å². The van der Waals surface area contributed by atoms with Gasteiger partial charge in [-0.3, -0.25) is 43.6 Å². The molecular weight excluding hydrogens is 780 g/mol. The summed E-state index contributed by atoms with van der Waals surface area (Å²) in [7, 11) is 0. The second-order valence-electron chi connectivity index (χ2n) is 17.3. The Kier molecular flexibility index (Phi) is 17.1. The summed E-state index contributed by atoms with van der Waals surface area (Å²) in [5.41, 5.74) is 2.58. The van der Waals surface area contributed by atoms with Crippen LogP contribution < -0.4 is 15.4 Å². The number of fused-ring (bicyclic) bond motifs is 5. The number of carbonyl (C=O) groups is 6. The number of amides is 2. The zero-order chi connectivity index (χ0) is 43.4. The number of aliphatic hydroxyl groups is 1. The van der Waals surface area contributed by atoms with E-state index in [9.17, 15) is 54.3 Å². The third-order valence-corrected chi connectivity index (χ3v) is 13.3. The summed E-state index contributed by atoms with van der Waals surface area (Å²) in [4.78, 5) is 79.1. The summed E-state index contributed by atoms with van der Waals surface area (Å²) < 4.78 is 5.82. The molecule has 7 N–H and O–H groups in total. The number of benzene rings is 1. The van der Waals surface area contributed by atoms with Gasteiger partial charge in [-0.05, 0) is 104 Å². The van der Waals surface area contributed by atoms with Crippen LogP contribution in [-0.2, 0) is 35.2 Å². The van der Waals surface area contributed by atoms with Crippen molar-refractivity contribution < 1.29 is 59.0 Å². The molecule has 1 aromatic carbocycles. The average Bonchev–Trinajstić information content (AvgIpc) is 3.50. The molecule has 3 fully saturated rings. The molecule has 60 heavy (non-hydrogen) atoms. The summed E-state index contributed by atoms with van der Waals surface area (Å²) in [6, 6.07) is 4.86. The first-order valence-electron chi connectivity index (χ1n) is 21.4. The van der Waals surface area contributed by atoms with E-state index in [1.54, 1.807) is 14.7 Å². The summed E-state index contributed by atoms with van der Waals surface area (Å²) in [5.74, 6) is -3.01. The normalized spacial score (nSPS) is 26.2. The maximum absolute atomic E-state index is 13.0. The molecule has 0 aromatic heterocycles. The molecule has 5 rings (SSSR count). The lowest BCUT2D eigenvalue weighted by atomic mass is 9.55. The third kappa shape index (κ3) is 13.3. The van der Waals surface area contributed by atoms with E-state index in [1.807, 2.05) is 17.0 Å². The van der Waals surface area contributed by atoms with Gasteiger partial charge in [0, 0.05) is 58.9 Å². The molecule has 6 atom stereocenters. The first-order chi connectivity index (χ1) is 28.6. The molecule has 1 saturated heterocycles. The minimum Gasteiger partial charge on any atom is -0.484 e. The van der Waals surface area contributed by atoms with Gasteiger partial charge in [0.25, 0.3) is 5.91 Å². The van der Waals surface area contributed by atoms with E-state index < -0.39 is 35.8 Å². The second kappa shape index (κ2) is 21.9. The number of carboxylic acid groups (broad SMARTS) is 4. The molecule has 1 heterocycles. The minimum absolute atomic E-state index is 0.0129. The van der Waals surface area contributed by atoms with Crippen LogP contribution in [0.2, 0.25) is 0 Å². The van der Waals surface area contributed by atoms with E-state index >= 15 is 0 Å². The molecule has 4 aliphatic rings. The highest BCUT2D eigenvalue weighted by molar-refractivity contribution is 5.84. The lowest BCUT2D eigenvalue weighted by Crippen LogP contribution is -2.49. The number of aliphatic hydroxyl groups excluding tert-OH is 1. The number of nitrogens with zero attached hydrogens (tertiary/aromatic N) is 4. The van der Waals surface area contributed by atoms with Crippen molar-refractivity contribution in [2.45, 2.75) is 82.8 Å². The SMILES string of the molecule is C[C@]12CC[C@@H]3c4ccc(OCC(=O)NC(CCCCNC(=O)CN5CCN(CC(=O)O)CCN(CC(=O)O)CCN(CC(=O)O)CC5)C(=O)O)cc4CC[C@H]3[C@@H]1CC[C@@H]2O. The maximum Gasteiger partial charge on any atom is 0.326 e. The van der Waals surface area contributed by atoms with E-state index in [1.165, 1.54) is 11.1 Å². The molecular formula is C42H64N6O12. The first kappa shape index (κ1) is 46.7. The lowest BCUT2D eigenvalue weighted by molar-refractivity contribution is -0.142. The average molecular weight is 845 g/mol. The summed E-state index contributed by atoms with van der Waals surface area (Å²) in [6.07, 6.45) is 6.81. The number of ether oxygens (including phenoxy) is 1. The highest BCUT2D eigenvalue weighted by Gasteiger charge is 2.54. The van der Waals surface area contributed by atoms with Crippen LogP contribution in [0.5, 0.6) is 5.75 Å². The fourth-order valence-corrected chi connectivity index (χ4v) is 10.0. The largest absolute Gasteiger partial charge is 0.484 e. The molecule has 18 nitrogen and oxygen atoms in total. The van der Waals surface area contributed by atoms with Crippen molar-refractivity contribution >= 4 is 35.7 Å². The number of unbranched alkanes of at least 4 members (excludes halogenated alkanes) is 1. The number of nitrogens with one attached hydrogen (secondary N) is 2. The standard InChI is InChI=1S/C42H64N6O12/c1-42-12-11-31-30-8-6-29(22-28(30)5-7-32(31)33(42)9-10-35(42)49)60-27-37(51)44-34(41(58)59)4-2-3-13-43-36(50)23-45-14-16-46(24-38(52)53)18-20-48(26-40(56)57)21-19-47(17-15-45)25-39(54)55/h6,8,22,31-35,49H,2-5,7,9-21,23-27H2,1H3,(H,43,50)(H,44,51)(H,52,53)(H,54,55)(H,56,57)(H,58,59)/t31-,32-,33+,34?,35+,42+/m1/s1. The van der Waals surface area contributed by atoms with Gasteiger partial charge in [-0.15, -0.1) is 0 Å². The van der Waals surface area contributed by atoms with Crippen LogP contribution >= 0.6 is 0 Å². The number of aliphatic carboxylic acids is 4. The lowest BCUT2D eigenvalue weighted by Gasteiger charge is -2.50. The molecule has 3 aliphatic carbocycles. The van der Waals surface area contributed by atoms with Crippen LogP contribution in [0, 0.1) is 17.3 Å². The van der Waals surface area contributed by atoms with Crippen molar-refractivity contribution in [3.8, 4) is 5.75 Å². The van der Waals surface area contributed by atoms with Gasteiger partial charge >= 0.3 is 23.9 Å². The molecule has 334 valence electrons. The van der Waals surface area contributed by atoms with E-state index in [4.69, 9.17) is 4.74 Å². The fourth-order valence-electron chi connectivity index (χ4n) is 10.0. The zero-order valence-corrected chi connectivity index (χ0v) is 34.8. The number of hydrogen-bond donors (Lipinski definition) is 7. The Morgan fingerprint density at radius 2 is 1.32 bits per heavy atom. The Hall–Kier alpha value is -4.36. The molecule has 2 saturated carbocycles. The summed E-state index contributed by atoms with van der Waals surface area (Å²) in [5, 5.41) is 54.1. The summed E-state index contributed by atoms with van der Waals surface area (Å²) >= 11 is 0. The smallest absolute Gasteiger partial charge is 0.326 e. The van der Waals surface area contributed by atoms with Gasteiger partial charge in [-0.25, -0.2) is 4.79 Å². The van der Waals surface area contributed by atoms with Crippen LogP contribution in [0.3, 0.4) is 0 Å². The highest BCUT2D eigenvalue weighted by Crippen LogP contribution is 2.60. The van der Waals surface area contributed by atoms with Crippen LogP contribution in [-0.4, -0.2) is 185 Å². The van der Waals surface area contributed by atoms with Crippen molar-refractivity contribution in [2.24, 2.45) is 17.3 Å². The second-order valence-corrected chi connectivity index (χ2v) is 17.3. The molecule has 1 aromatic rings. The number of rotatable bonds is 18. The predicted molar refractivity (Wildman–Crippen MR) is 218 cm³/mol. The van der Waals surface area contributed by atoms with Crippen molar-refractivity contribution in [2.75, 3.05) is 91.7 Å². The Bertz CT molecular complexity index is 1650. The Morgan fingerprint density at radius 3 is 1.87 bits per heavy atom. The van der Waals surface area contributed by atoms with Crippen molar-refractivity contribution in [1.82, 2.24) is 30.2 Å². The topological polar surface area (TPSA) is 250 Å². The Balaban J connectivity index is 1.04. The molecule has 18 heteroatoms. The highest BCUT2D eigenvalue weighted by atomic mass is 16.5. The van der Waals surface area contributed by atoms with Crippen molar-refractivity contribution in [3.05, 3.63) is 29.3 Å². The zero-order valence-electron chi connectivity index (χ0n) is 34.8. The van der Waals surface area contributed by atoms with Crippen molar-refractivity contribution in [3.63, 3.8) is 0 Å². The number of carbonyl (C=O) groups excluding carboxylic acids is 2. The van der Waals surface area contributed by atoms with Gasteiger partial charge in [0.05, 0.1) is 32.3 Å². The number of aryl methyl sites for hydroxylation is 1. The van der Waals surface area contributed by atoms with Gasteiger partial charge in [-0.2, -0.15) is 0 Å². The Morgan fingerprint density at radius 1 is 0.750 bits per heavy atom. The van der Waals surface area contributed by atoms with Crippen LogP contribution in [0.15, 0.2) is 18.2 Å².